The van der Waals surface area contributed by atoms with Gasteiger partial charge in [0, 0.05) is 24.0 Å². The summed E-state index contributed by atoms with van der Waals surface area (Å²) < 4.78 is 33.5. The smallest absolute Gasteiger partial charge is 0.300 e. The number of hydrogen-bond donors (Lipinski definition) is 1. The van der Waals surface area contributed by atoms with Gasteiger partial charge < -0.3 is 9.84 Å². The van der Waals surface area contributed by atoms with Crippen LogP contribution in [0.25, 0.3) is 5.76 Å². The first-order chi connectivity index (χ1) is 15.7. The highest BCUT2D eigenvalue weighted by atomic mass is 19.1. The number of ether oxygens (including phenoxy) is 1. The number of nitrogens with zero attached hydrogens (tertiary/aromatic N) is 2. The van der Waals surface area contributed by atoms with Gasteiger partial charge in [0.15, 0.2) is 0 Å². The van der Waals surface area contributed by atoms with Gasteiger partial charge in [-0.1, -0.05) is 0 Å². The van der Waals surface area contributed by atoms with Crippen molar-refractivity contribution in [2.24, 2.45) is 0 Å². The lowest BCUT2D eigenvalue weighted by Gasteiger charge is -2.25. The van der Waals surface area contributed by atoms with Crippen molar-refractivity contribution in [3.05, 3.63) is 94.3 Å². The number of carbonyl (C=O) groups is 2. The van der Waals surface area contributed by atoms with E-state index in [4.69, 9.17) is 4.74 Å². The Kier molecular flexibility index (Phi) is 5.68. The van der Waals surface area contributed by atoms with Crippen LogP contribution in [0, 0.1) is 25.5 Å². The van der Waals surface area contributed by atoms with Crippen LogP contribution in [-0.4, -0.2) is 28.9 Å². The Hall–Kier alpha value is -4.07. The number of rotatable bonds is 4. The molecule has 2 heterocycles. The summed E-state index contributed by atoms with van der Waals surface area (Å²) in [5.41, 5.74) is 1.61. The van der Waals surface area contributed by atoms with E-state index in [9.17, 15) is 23.5 Å². The van der Waals surface area contributed by atoms with Crippen LogP contribution in [0.2, 0.25) is 0 Å². The van der Waals surface area contributed by atoms with Crippen molar-refractivity contribution in [3.63, 3.8) is 0 Å². The highest BCUT2D eigenvalue weighted by molar-refractivity contribution is 6.51. The summed E-state index contributed by atoms with van der Waals surface area (Å²) in [6.45, 7) is 3.51. The van der Waals surface area contributed by atoms with E-state index in [2.05, 4.69) is 4.98 Å². The standard InChI is InChI=1S/C25H20F2N2O4/c1-13-11-20(33-3)14(2)10-17(13)23(30)21-22(15-6-8-28-9-7-15)29(25(32)24(21)31)19-5-4-16(26)12-18(19)27/h4-12,22,30H,1-3H3/b23-21+. The number of aryl methyl sites for hydroxylation is 2. The van der Waals surface area contributed by atoms with Gasteiger partial charge in [-0.05, 0) is 66.9 Å². The summed E-state index contributed by atoms with van der Waals surface area (Å²) in [7, 11) is 1.52. The second-order valence-electron chi connectivity index (χ2n) is 7.68. The Morgan fingerprint density at radius 3 is 2.36 bits per heavy atom. The van der Waals surface area contributed by atoms with Gasteiger partial charge in [0.2, 0.25) is 0 Å². The van der Waals surface area contributed by atoms with Crippen molar-refractivity contribution in [1.82, 2.24) is 4.98 Å². The number of pyridine rings is 1. The molecule has 1 aromatic heterocycles. The predicted octanol–water partition coefficient (Wildman–Crippen LogP) is 4.61. The highest BCUT2D eigenvalue weighted by Crippen LogP contribution is 2.43. The number of hydrogen-bond acceptors (Lipinski definition) is 5. The molecule has 1 N–H and O–H groups in total. The third-order valence-electron chi connectivity index (χ3n) is 5.63. The fourth-order valence-corrected chi connectivity index (χ4v) is 4.03. The van der Waals surface area contributed by atoms with Gasteiger partial charge in [0.1, 0.15) is 23.1 Å². The summed E-state index contributed by atoms with van der Waals surface area (Å²) in [4.78, 5) is 31.1. The number of methoxy groups -OCH3 is 1. The van der Waals surface area contributed by atoms with E-state index in [1.54, 1.807) is 38.1 Å². The minimum absolute atomic E-state index is 0.206. The maximum absolute atomic E-state index is 14.7. The van der Waals surface area contributed by atoms with Crippen molar-refractivity contribution in [2.45, 2.75) is 19.9 Å². The van der Waals surface area contributed by atoms with Gasteiger partial charge in [-0.25, -0.2) is 8.78 Å². The molecule has 1 atom stereocenters. The highest BCUT2D eigenvalue weighted by Gasteiger charge is 2.47. The van der Waals surface area contributed by atoms with E-state index in [0.29, 0.717) is 34.1 Å². The number of amides is 1. The van der Waals surface area contributed by atoms with Crippen molar-refractivity contribution < 1.29 is 28.2 Å². The van der Waals surface area contributed by atoms with Gasteiger partial charge in [-0.2, -0.15) is 0 Å². The Balaban J connectivity index is 1.98. The molecule has 1 saturated heterocycles. The van der Waals surface area contributed by atoms with Crippen LogP contribution in [0.4, 0.5) is 14.5 Å². The molecule has 1 amide bonds. The second kappa shape index (κ2) is 8.46. The summed E-state index contributed by atoms with van der Waals surface area (Å²) in [6, 6.07) is 8.06. The normalized spacial score (nSPS) is 17.5. The summed E-state index contributed by atoms with van der Waals surface area (Å²) in [6.07, 6.45) is 2.92. The maximum atomic E-state index is 14.7. The minimum atomic E-state index is -1.14. The van der Waals surface area contributed by atoms with E-state index in [-0.39, 0.29) is 11.3 Å². The number of aromatic nitrogens is 1. The molecule has 0 saturated carbocycles. The number of benzene rings is 2. The predicted molar refractivity (Wildman–Crippen MR) is 118 cm³/mol. The van der Waals surface area contributed by atoms with Gasteiger partial charge in [0.05, 0.1) is 24.4 Å². The van der Waals surface area contributed by atoms with Crippen LogP contribution in [-0.2, 0) is 9.59 Å². The fourth-order valence-electron chi connectivity index (χ4n) is 4.03. The van der Waals surface area contributed by atoms with E-state index in [1.165, 1.54) is 19.5 Å². The molecule has 0 aliphatic carbocycles. The molecule has 8 heteroatoms. The van der Waals surface area contributed by atoms with Crippen molar-refractivity contribution in [3.8, 4) is 5.75 Å². The lowest BCUT2D eigenvalue weighted by molar-refractivity contribution is -0.132. The van der Waals surface area contributed by atoms with Crippen LogP contribution in [0.1, 0.15) is 28.3 Å². The van der Waals surface area contributed by atoms with Crippen LogP contribution >= 0.6 is 0 Å². The molecule has 1 aliphatic heterocycles. The summed E-state index contributed by atoms with van der Waals surface area (Å²) in [5.74, 6) is -3.64. The maximum Gasteiger partial charge on any atom is 0.300 e. The molecule has 6 nitrogen and oxygen atoms in total. The zero-order valence-electron chi connectivity index (χ0n) is 18.1. The molecule has 1 unspecified atom stereocenters. The molecule has 0 bridgehead atoms. The van der Waals surface area contributed by atoms with Gasteiger partial charge in [0.25, 0.3) is 11.7 Å². The molecular formula is C25H20F2N2O4. The van der Waals surface area contributed by atoms with Gasteiger partial charge >= 0.3 is 0 Å². The molecule has 0 spiro atoms. The van der Waals surface area contributed by atoms with Crippen molar-refractivity contribution in [2.75, 3.05) is 12.0 Å². The third kappa shape index (κ3) is 3.73. The van der Waals surface area contributed by atoms with Crippen molar-refractivity contribution in [1.29, 1.82) is 0 Å². The number of halogens is 2. The van der Waals surface area contributed by atoms with Crippen molar-refractivity contribution >= 4 is 23.1 Å². The lowest BCUT2D eigenvalue weighted by atomic mass is 9.93. The monoisotopic (exact) mass is 450 g/mol. The zero-order valence-corrected chi connectivity index (χ0v) is 18.1. The third-order valence-corrected chi connectivity index (χ3v) is 5.63. The number of carbonyl (C=O) groups excluding carboxylic acids is 2. The first-order valence-corrected chi connectivity index (χ1v) is 10.1. The van der Waals surface area contributed by atoms with E-state index in [0.717, 1.165) is 17.0 Å². The first-order valence-electron chi connectivity index (χ1n) is 10.1. The number of Topliss-reactive ketones (excluding diaryl/α,β-unsaturated/α-hetero) is 1. The molecular weight excluding hydrogens is 430 g/mol. The molecule has 3 aromatic rings. The Morgan fingerprint density at radius 2 is 1.73 bits per heavy atom. The quantitative estimate of drug-likeness (QED) is 0.357. The van der Waals surface area contributed by atoms with Gasteiger partial charge in [-0.3, -0.25) is 19.5 Å². The van der Waals surface area contributed by atoms with Crippen LogP contribution in [0.3, 0.4) is 0 Å². The SMILES string of the molecule is COc1cc(C)c(/C(O)=C2\C(=O)C(=O)N(c3ccc(F)cc3F)C2c2ccncc2)cc1C. The first kappa shape index (κ1) is 22.1. The Labute approximate surface area is 188 Å². The zero-order chi connectivity index (χ0) is 23.9. The van der Waals surface area contributed by atoms with E-state index in [1.807, 2.05) is 0 Å². The van der Waals surface area contributed by atoms with Crippen LogP contribution < -0.4 is 9.64 Å². The van der Waals surface area contributed by atoms with E-state index < -0.39 is 35.1 Å². The van der Waals surface area contributed by atoms with Crippen LogP contribution in [0.5, 0.6) is 5.75 Å². The lowest BCUT2D eigenvalue weighted by Crippen LogP contribution is -2.30. The fraction of sp³-hybridized carbons (Fsp3) is 0.160. The number of anilines is 1. The topological polar surface area (TPSA) is 79.7 Å². The average molecular weight is 450 g/mol. The molecule has 2 aromatic carbocycles. The molecule has 168 valence electrons. The Bertz CT molecular complexity index is 1310. The minimum Gasteiger partial charge on any atom is -0.507 e. The molecule has 0 radical (unpaired) electrons. The largest absolute Gasteiger partial charge is 0.507 e. The number of aliphatic hydroxyl groups is 1. The summed E-state index contributed by atoms with van der Waals surface area (Å²) >= 11 is 0. The van der Waals surface area contributed by atoms with E-state index >= 15 is 0 Å². The summed E-state index contributed by atoms with van der Waals surface area (Å²) in [5, 5.41) is 11.3. The Morgan fingerprint density at radius 1 is 1.03 bits per heavy atom. The molecule has 1 fully saturated rings. The average Bonchev–Trinajstić information content (AvgIpc) is 3.06. The molecule has 33 heavy (non-hydrogen) atoms. The molecule has 4 rings (SSSR count). The van der Waals surface area contributed by atoms with Crippen LogP contribution in [0.15, 0.2) is 60.4 Å². The number of aliphatic hydroxyl groups excluding tert-OH is 1. The second-order valence-corrected chi connectivity index (χ2v) is 7.68. The number of ketones is 1. The molecule has 1 aliphatic rings. The van der Waals surface area contributed by atoms with Gasteiger partial charge in [-0.15, -0.1) is 0 Å².